The van der Waals surface area contributed by atoms with Crippen molar-refractivity contribution in [3.05, 3.63) is 0 Å². The van der Waals surface area contributed by atoms with Gasteiger partial charge in [0.1, 0.15) is 12.9 Å². The summed E-state index contributed by atoms with van der Waals surface area (Å²) in [4.78, 5) is 14.9. The number of carbonyl (C=O) groups excluding carboxylic acids is 1. The molecule has 1 fully saturated rings. The molecule has 15 heavy (non-hydrogen) atoms. The number of piperazine rings is 1. The van der Waals surface area contributed by atoms with Crippen LogP contribution in [0.1, 0.15) is 13.3 Å². The van der Waals surface area contributed by atoms with Crippen molar-refractivity contribution in [3.8, 4) is 0 Å². The Bertz CT molecular complexity index is 168. The van der Waals surface area contributed by atoms with Gasteiger partial charge in [-0.05, 0) is 13.0 Å². The molecule has 1 heterocycles. The van der Waals surface area contributed by atoms with E-state index in [2.05, 4.69) is 16.7 Å². The highest BCUT2D eigenvalue weighted by atomic mass is 16.5. The van der Waals surface area contributed by atoms with Gasteiger partial charge in [-0.2, -0.15) is 0 Å². The van der Waals surface area contributed by atoms with Crippen molar-refractivity contribution < 1.29 is 9.53 Å². The molecule has 0 saturated carbocycles. The van der Waals surface area contributed by atoms with Crippen molar-refractivity contribution in [2.45, 2.75) is 13.3 Å². The second-order valence-corrected chi connectivity index (χ2v) is 3.92. The minimum Gasteiger partial charge on any atom is -0.373 e. The molecular formula is C11H22N2O2. The predicted molar refractivity (Wildman–Crippen MR) is 60.1 cm³/mol. The standard InChI is InChI=1S/C11H22N2O2/c1-2-3-12-4-6-13(7-5-12)8-10-15-11-9-14/h9H,2-8,10-11H2,1H3. The van der Waals surface area contributed by atoms with Gasteiger partial charge in [0.2, 0.25) is 0 Å². The number of hydrogen-bond acceptors (Lipinski definition) is 4. The topological polar surface area (TPSA) is 32.8 Å². The first kappa shape index (κ1) is 12.6. The molecule has 88 valence electrons. The third-order valence-electron chi connectivity index (χ3n) is 2.74. The zero-order valence-electron chi connectivity index (χ0n) is 9.65. The fourth-order valence-electron chi connectivity index (χ4n) is 1.88. The molecular weight excluding hydrogens is 192 g/mol. The minimum absolute atomic E-state index is 0.232. The molecule has 0 radical (unpaired) electrons. The van der Waals surface area contributed by atoms with E-state index in [1.807, 2.05) is 0 Å². The first-order chi connectivity index (χ1) is 7.36. The summed E-state index contributed by atoms with van der Waals surface area (Å²) in [6, 6.07) is 0. The fraction of sp³-hybridized carbons (Fsp3) is 0.909. The Morgan fingerprint density at radius 2 is 1.73 bits per heavy atom. The van der Waals surface area contributed by atoms with Gasteiger partial charge in [-0.3, -0.25) is 4.90 Å². The molecule has 0 N–H and O–H groups in total. The number of aldehydes is 1. The summed E-state index contributed by atoms with van der Waals surface area (Å²) < 4.78 is 5.14. The highest BCUT2D eigenvalue weighted by molar-refractivity contribution is 5.50. The summed E-state index contributed by atoms with van der Waals surface area (Å²) in [5, 5.41) is 0. The molecule has 4 heteroatoms. The van der Waals surface area contributed by atoms with Crippen LogP contribution in [0.15, 0.2) is 0 Å². The van der Waals surface area contributed by atoms with E-state index in [9.17, 15) is 4.79 Å². The van der Waals surface area contributed by atoms with Crippen molar-refractivity contribution in [3.63, 3.8) is 0 Å². The monoisotopic (exact) mass is 214 g/mol. The first-order valence-corrected chi connectivity index (χ1v) is 5.83. The van der Waals surface area contributed by atoms with Crippen LogP contribution in [-0.4, -0.2) is 68.6 Å². The molecule has 1 aliphatic heterocycles. The zero-order valence-corrected chi connectivity index (χ0v) is 9.65. The number of ether oxygens (including phenoxy) is 1. The fourth-order valence-corrected chi connectivity index (χ4v) is 1.88. The molecule has 0 atom stereocenters. The molecule has 0 aromatic heterocycles. The molecule has 1 saturated heterocycles. The van der Waals surface area contributed by atoms with E-state index in [-0.39, 0.29) is 6.61 Å². The third-order valence-corrected chi connectivity index (χ3v) is 2.74. The van der Waals surface area contributed by atoms with Crippen molar-refractivity contribution >= 4 is 6.29 Å². The Morgan fingerprint density at radius 3 is 2.27 bits per heavy atom. The maximum atomic E-state index is 10.0. The Labute approximate surface area is 92.2 Å². The molecule has 0 spiro atoms. The minimum atomic E-state index is 0.232. The lowest BCUT2D eigenvalue weighted by Gasteiger charge is -2.34. The van der Waals surface area contributed by atoms with Gasteiger partial charge in [-0.1, -0.05) is 6.92 Å². The molecule has 1 aliphatic rings. The molecule has 0 aromatic rings. The van der Waals surface area contributed by atoms with Crippen molar-refractivity contribution in [2.24, 2.45) is 0 Å². The van der Waals surface area contributed by atoms with E-state index in [0.29, 0.717) is 6.61 Å². The second kappa shape index (κ2) is 7.79. The lowest BCUT2D eigenvalue weighted by atomic mass is 10.3. The van der Waals surface area contributed by atoms with E-state index in [1.165, 1.54) is 26.1 Å². The smallest absolute Gasteiger partial charge is 0.145 e. The van der Waals surface area contributed by atoms with E-state index in [1.54, 1.807) is 0 Å². The zero-order chi connectivity index (χ0) is 10.9. The molecule has 0 unspecified atom stereocenters. The Balaban J connectivity index is 2.01. The second-order valence-electron chi connectivity index (χ2n) is 3.92. The van der Waals surface area contributed by atoms with Gasteiger partial charge < -0.3 is 14.4 Å². The maximum absolute atomic E-state index is 10.0. The van der Waals surface area contributed by atoms with Crippen LogP contribution in [0.2, 0.25) is 0 Å². The summed E-state index contributed by atoms with van der Waals surface area (Å²) >= 11 is 0. The largest absolute Gasteiger partial charge is 0.373 e. The quantitative estimate of drug-likeness (QED) is 0.448. The lowest BCUT2D eigenvalue weighted by Crippen LogP contribution is -2.47. The van der Waals surface area contributed by atoms with E-state index in [4.69, 9.17) is 4.74 Å². The van der Waals surface area contributed by atoms with Crippen LogP contribution >= 0.6 is 0 Å². The predicted octanol–water partition coefficient (Wildman–Crippen LogP) is 0.230. The molecule has 0 bridgehead atoms. The van der Waals surface area contributed by atoms with Crippen LogP contribution in [0.5, 0.6) is 0 Å². The first-order valence-electron chi connectivity index (χ1n) is 5.83. The van der Waals surface area contributed by atoms with Gasteiger partial charge in [-0.25, -0.2) is 0 Å². The summed E-state index contributed by atoms with van der Waals surface area (Å²) in [6.07, 6.45) is 2.04. The van der Waals surface area contributed by atoms with Crippen LogP contribution in [0, 0.1) is 0 Å². The average molecular weight is 214 g/mol. The van der Waals surface area contributed by atoms with Crippen LogP contribution in [0.25, 0.3) is 0 Å². The number of carbonyl (C=O) groups is 1. The SMILES string of the molecule is CCCN1CCN(CCOCC=O)CC1. The molecule has 4 nitrogen and oxygen atoms in total. The molecule has 1 rings (SSSR count). The lowest BCUT2D eigenvalue weighted by molar-refractivity contribution is -0.112. The Kier molecular flexibility index (Phi) is 6.55. The van der Waals surface area contributed by atoms with Crippen LogP contribution in [0.3, 0.4) is 0 Å². The highest BCUT2D eigenvalue weighted by Gasteiger charge is 2.15. The van der Waals surface area contributed by atoms with Gasteiger partial charge in [0.25, 0.3) is 0 Å². The molecule has 0 amide bonds. The summed E-state index contributed by atoms with van der Waals surface area (Å²) in [6.45, 7) is 9.89. The Morgan fingerprint density at radius 1 is 1.13 bits per heavy atom. The Hall–Kier alpha value is -0.450. The summed E-state index contributed by atoms with van der Waals surface area (Å²) in [7, 11) is 0. The van der Waals surface area contributed by atoms with Gasteiger partial charge >= 0.3 is 0 Å². The number of nitrogens with zero attached hydrogens (tertiary/aromatic N) is 2. The van der Waals surface area contributed by atoms with E-state index in [0.717, 1.165) is 25.9 Å². The number of hydrogen-bond donors (Lipinski definition) is 0. The maximum Gasteiger partial charge on any atom is 0.145 e. The van der Waals surface area contributed by atoms with Gasteiger partial charge in [-0.15, -0.1) is 0 Å². The van der Waals surface area contributed by atoms with Crippen LogP contribution in [0.4, 0.5) is 0 Å². The summed E-state index contributed by atoms with van der Waals surface area (Å²) in [5.74, 6) is 0. The van der Waals surface area contributed by atoms with Crippen molar-refractivity contribution in [1.29, 1.82) is 0 Å². The normalized spacial score (nSPS) is 19.3. The molecule has 0 aromatic carbocycles. The number of rotatable bonds is 7. The van der Waals surface area contributed by atoms with Crippen LogP contribution < -0.4 is 0 Å². The van der Waals surface area contributed by atoms with Gasteiger partial charge in [0, 0.05) is 32.7 Å². The average Bonchev–Trinajstić information content (AvgIpc) is 2.27. The van der Waals surface area contributed by atoms with Crippen molar-refractivity contribution in [2.75, 3.05) is 52.5 Å². The third kappa shape index (κ3) is 5.25. The van der Waals surface area contributed by atoms with Crippen molar-refractivity contribution in [1.82, 2.24) is 9.80 Å². The highest BCUT2D eigenvalue weighted by Crippen LogP contribution is 2.01. The van der Waals surface area contributed by atoms with E-state index >= 15 is 0 Å². The van der Waals surface area contributed by atoms with Gasteiger partial charge in [0.15, 0.2) is 0 Å². The summed E-state index contributed by atoms with van der Waals surface area (Å²) in [5.41, 5.74) is 0. The van der Waals surface area contributed by atoms with E-state index < -0.39 is 0 Å². The van der Waals surface area contributed by atoms with Gasteiger partial charge in [0.05, 0.1) is 6.61 Å². The molecule has 0 aliphatic carbocycles. The van der Waals surface area contributed by atoms with Crippen LogP contribution in [-0.2, 0) is 9.53 Å².